The molecule has 1 amide bonds. The van der Waals surface area contributed by atoms with Gasteiger partial charge in [0.1, 0.15) is 0 Å². The van der Waals surface area contributed by atoms with Crippen LogP contribution in [0.25, 0.3) is 0 Å². The second-order valence-electron chi connectivity index (χ2n) is 6.33. The van der Waals surface area contributed by atoms with Gasteiger partial charge < -0.3 is 4.90 Å². The monoisotopic (exact) mass is 322 g/mol. The van der Waals surface area contributed by atoms with Crippen LogP contribution in [-0.2, 0) is 27.6 Å². The smallest absolute Gasteiger partial charge is 0.227 e. The van der Waals surface area contributed by atoms with Crippen LogP contribution in [0.4, 0.5) is 5.69 Å². The predicted molar refractivity (Wildman–Crippen MR) is 86.7 cm³/mol. The van der Waals surface area contributed by atoms with Crippen LogP contribution >= 0.6 is 0 Å². The Bertz CT molecular complexity index is 699. The van der Waals surface area contributed by atoms with Crippen molar-refractivity contribution < 1.29 is 13.2 Å². The van der Waals surface area contributed by atoms with E-state index < -0.39 is 9.84 Å². The van der Waals surface area contributed by atoms with Gasteiger partial charge in [0.15, 0.2) is 9.84 Å². The predicted octanol–water partition coefficient (Wildman–Crippen LogP) is 1.21. The molecule has 1 saturated heterocycles. The Morgan fingerprint density at radius 2 is 2.05 bits per heavy atom. The molecule has 0 N–H and O–H groups in total. The van der Waals surface area contributed by atoms with Crippen LogP contribution in [0.5, 0.6) is 0 Å². The Labute approximate surface area is 131 Å². The summed E-state index contributed by atoms with van der Waals surface area (Å²) in [6, 6.07) is 6.21. The van der Waals surface area contributed by atoms with Crippen molar-refractivity contribution in [2.45, 2.75) is 31.6 Å². The molecule has 0 aromatic heterocycles. The summed E-state index contributed by atoms with van der Waals surface area (Å²) < 4.78 is 23.5. The van der Waals surface area contributed by atoms with Crippen LogP contribution in [0.15, 0.2) is 18.2 Å². The quantitative estimate of drug-likeness (QED) is 0.821. The van der Waals surface area contributed by atoms with Gasteiger partial charge in [0.25, 0.3) is 0 Å². The number of anilines is 1. The third-order valence-corrected chi connectivity index (χ3v) is 6.84. The highest BCUT2D eigenvalue weighted by Gasteiger charge is 2.29. The summed E-state index contributed by atoms with van der Waals surface area (Å²) in [4.78, 5) is 15.6. The van der Waals surface area contributed by atoms with E-state index in [0.717, 1.165) is 18.7 Å². The lowest BCUT2D eigenvalue weighted by molar-refractivity contribution is -0.118. The second kappa shape index (κ2) is 5.66. The zero-order valence-electron chi connectivity index (χ0n) is 13.1. The maximum Gasteiger partial charge on any atom is 0.227 e. The molecule has 1 atom stereocenters. The Hall–Kier alpha value is -1.40. The summed E-state index contributed by atoms with van der Waals surface area (Å²) in [5.41, 5.74) is 3.39. The van der Waals surface area contributed by atoms with Crippen LogP contribution in [0.1, 0.15) is 24.5 Å². The van der Waals surface area contributed by atoms with E-state index in [4.69, 9.17) is 0 Å². The first-order valence-corrected chi connectivity index (χ1v) is 9.40. The average molecular weight is 322 g/mol. The van der Waals surface area contributed by atoms with Crippen molar-refractivity contribution in [3.05, 3.63) is 29.3 Å². The van der Waals surface area contributed by atoms with E-state index >= 15 is 0 Å². The van der Waals surface area contributed by atoms with Crippen LogP contribution in [0, 0.1) is 0 Å². The van der Waals surface area contributed by atoms with E-state index in [1.165, 1.54) is 11.1 Å². The lowest BCUT2D eigenvalue weighted by Crippen LogP contribution is -2.44. The van der Waals surface area contributed by atoms with Crippen molar-refractivity contribution in [2.24, 2.45) is 0 Å². The molecule has 5 nitrogen and oxygen atoms in total. The van der Waals surface area contributed by atoms with Crippen molar-refractivity contribution in [3.8, 4) is 0 Å². The van der Waals surface area contributed by atoms with E-state index in [1.54, 1.807) is 11.8 Å². The lowest BCUT2D eigenvalue weighted by atomic mass is 9.99. The molecule has 6 heteroatoms. The summed E-state index contributed by atoms with van der Waals surface area (Å²) in [5.74, 6) is 0.409. The van der Waals surface area contributed by atoms with Gasteiger partial charge in [-0.15, -0.1) is 0 Å². The van der Waals surface area contributed by atoms with Gasteiger partial charge in [-0.2, -0.15) is 0 Å². The summed E-state index contributed by atoms with van der Waals surface area (Å²) in [6.45, 7) is 3.75. The minimum Gasteiger partial charge on any atom is -0.315 e. The summed E-state index contributed by atoms with van der Waals surface area (Å²) >= 11 is 0. The average Bonchev–Trinajstić information content (AvgIpc) is 2.47. The number of benzene rings is 1. The van der Waals surface area contributed by atoms with Gasteiger partial charge in [-0.05, 0) is 30.5 Å². The van der Waals surface area contributed by atoms with Crippen molar-refractivity contribution in [2.75, 3.05) is 30.8 Å². The molecule has 1 unspecified atom stereocenters. The molecule has 1 aromatic rings. The third-order valence-electron chi connectivity index (χ3n) is 4.71. The molecule has 0 saturated carbocycles. The summed E-state index contributed by atoms with van der Waals surface area (Å²) in [6.07, 6.45) is 1.35. The highest BCUT2D eigenvalue weighted by Crippen LogP contribution is 2.28. The first-order valence-electron chi connectivity index (χ1n) is 7.69. The lowest BCUT2D eigenvalue weighted by Gasteiger charge is -2.31. The molecule has 1 aromatic carbocycles. The van der Waals surface area contributed by atoms with Crippen molar-refractivity contribution in [1.82, 2.24) is 4.90 Å². The summed E-state index contributed by atoms with van der Waals surface area (Å²) in [7, 11) is -1.08. The molecule has 3 rings (SSSR count). The van der Waals surface area contributed by atoms with Crippen LogP contribution < -0.4 is 4.90 Å². The van der Waals surface area contributed by atoms with E-state index in [1.807, 2.05) is 19.2 Å². The molecule has 0 bridgehead atoms. The van der Waals surface area contributed by atoms with Gasteiger partial charge in [-0.25, -0.2) is 8.42 Å². The molecule has 0 aliphatic carbocycles. The zero-order chi connectivity index (χ0) is 15.9. The number of hydrogen-bond acceptors (Lipinski definition) is 4. The molecular weight excluding hydrogens is 300 g/mol. The van der Waals surface area contributed by atoms with E-state index in [9.17, 15) is 13.2 Å². The fourth-order valence-corrected chi connectivity index (χ4v) is 4.59. The Kier molecular flexibility index (Phi) is 3.99. The molecule has 0 radical (unpaired) electrons. The van der Waals surface area contributed by atoms with Gasteiger partial charge in [-0.1, -0.05) is 12.1 Å². The Morgan fingerprint density at radius 3 is 2.77 bits per heavy atom. The molecule has 2 heterocycles. The normalized spacial score (nSPS) is 25.1. The van der Waals surface area contributed by atoms with Gasteiger partial charge >= 0.3 is 0 Å². The number of carbonyl (C=O) groups is 1. The molecule has 120 valence electrons. The molecule has 1 fully saturated rings. The third kappa shape index (κ3) is 2.90. The van der Waals surface area contributed by atoms with Crippen LogP contribution in [-0.4, -0.2) is 50.4 Å². The number of fused-ring (bicyclic) bond motifs is 1. The highest BCUT2D eigenvalue weighted by atomic mass is 32.2. The number of rotatable bonds is 2. The summed E-state index contributed by atoms with van der Waals surface area (Å²) in [5, 5.41) is -0.289. The Balaban J connectivity index is 1.73. The second-order valence-corrected chi connectivity index (χ2v) is 8.87. The molecule has 2 aliphatic rings. The van der Waals surface area contributed by atoms with Gasteiger partial charge in [0.2, 0.25) is 5.91 Å². The number of nitrogens with zero attached hydrogens (tertiary/aromatic N) is 2. The fourth-order valence-electron chi connectivity index (χ4n) is 3.24. The highest BCUT2D eigenvalue weighted by molar-refractivity contribution is 7.92. The van der Waals surface area contributed by atoms with Gasteiger partial charge in [0, 0.05) is 38.8 Å². The standard InChI is InChI=1S/C16H22N2O3S/c1-12-10-18(7-8-22(12,20)21)11-13-3-5-15-14(9-13)4-6-16(19)17(15)2/h3,5,9,12H,4,6-8,10-11H2,1-2H3. The number of hydrogen-bond donors (Lipinski definition) is 0. The number of aryl methyl sites for hydroxylation is 1. The molecule has 22 heavy (non-hydrogen) atoms. The molecule has 0 spiro atoms. The maximum atomic E-state index is 11.8. The number of sulfone groups is 1. The molecular formula is C16H22N2O3S. The minimum atomic E-state index is -2.90. The first-order chi connectivity index (χ1) is 10.4. The largest absolute Gasteiger partial charge is 0.315 e. The van der Waals surface area contributed by atoms with Gasteiger partial charge in [0.05, 0.1) is 11.0 Å². The SMILES string of the molecule is CC1CN(Cc2ccc3c(c2)CCC(=O)N3C)CCS1(=O)=O. The van der Waals surface area contributed by atoms with E-state index in [-0.39, 0.29) is 16.9 Å². The van der Waals surface area contributed by atoms with E-state index in [2.05, 4.69) is 11.0 Å². The topological polar surface area (TPSA) is 57.7 Å². The van der Waals surface area contributed by atoms with Crippen molar-refractivity contribution in [1.29, 1.82) is 0 Å². The van der Waals surface area contributed by atoms with E-state index in [0.29, 0.717) is 19.5 Å². The van der Waals surface area contributed by atoms with Crippen molar-refractivity contribution >= 4 is 21.4 Å². The van der Waals surface area contributed by atoms with Crippen LogP contribution in [0.3, 0.4) is 0 Å². The number of carbonyl (C=O) groups excluding carboxylic acids is 1. The van der Waals surface area contributed by atoms with Crippen LogP contribution in [0.2, 0.25) is 0 Å². The molecule has 2 aliphatic heterocycles. The fraction of sp³-hybridized carbons (Fsp3) is 0.562. The maximum absolute atomic E-state index is 11.8. The van der Waals surface area contributed by atoms with Gasteiger partial charge in [-0.3, -0.25) is 9.69 Å². The zero-order valence-corrected chi connectivity index (χ0v) is 13.9. The Morgan fingerprint density at radius 1 is 1.27 bits per heavy atom. The first kappa shape index (κ1) is 15.5. The van der Waals surface area contributed by atoms with Crippen molar-refractivity contribution in [3.63, 3.8) is 0 Å². The number of amides is 1. The minimum absolute atomic E-state index is 0.162.